The normalized spacial score (nSPS) is 19.8. The molecule has 36 heavy (non-hydrogen) atoms. The Balaban J connectivity index is 1.56. The van der Waals surface area contributed by atoms with Crippen molar-refractivity contribution in [3.8, 4) is 34.1 Å². The minimum absolute atomic E-state index is 0.327. The SMILES string of the molecule is COc1ccc(-c2c(-c3ccccc3)oc3ncnc(OC4CC(O)CC(OCC(=O)O)C4)c23)cc1. The molecule has 0 radical (unpaired) electrons. The van der Waals surface area contributed by atoms with Gasteiger partial charge in [0.2, 0.25) is 11.6 Å². The van der Waals surface area contributed by atoms with Crippen LogP contribution in [0.3, 0.4) is 0 Å². The molecule has 3 atom stereocenters. The molecular formula is C27H26N2O7. The van der Waals surface area contributed by atoms with Crippen LogP contribution < -0.4 is 9.47 Å². The summed E-state index contributed by atoms with van der Waals surface area (Å²) in [4.78, 5) is 19.7. The van der Waals surface area contributed by atoms with Crippen molar-refractivity contribution >= 4 is 17.1 Å². The predicted octanol–water partition coefficient (Wildman–Crippen LogP) is 4.33. The van der Waals surface area contributed by atoms with Gasteiger partial charge in [-0.2, -0.15) is 0 Å². The summed E-state index contributed by atoms with van der Waals surface area (Å²) in [7, 11) is 1.61. The van der Waals surface area contributed by atoms with Gasteiger partial charge < -0.3 is 28.8 Å². The van der Waals surface area contributed by atoms with E-state index in [4.69, 9.17) is 23.7 Å². The van der Waals surface area contributed by atoms with Gasteiger partial charge in [-0.15, -0.1) is 0 Å². The van der Waals surface area contributed by atoms with E-state index in [0.717, 1.165) is 22.4 Å². The summed E-state index contributed by atoms with van der Waals surface area (Å²) in [5.41, 5.74) is 2.91. The van der Waals surface area contributed by atoms with E-state index in [1.807, 2.05) is 54.6 Å². The second-order valence-corrected chi connectivity index (χ2v) is 8.69. The van der Waals surface area contributed by atoms with E-state index < -0.39 is 30.9 Å². The first-order valence-electron chi connectivity index (χ1n) is 11.7. The smallest absolute Gasteiger partial charge is 0.329 e. The van der Waals surface area contributed by atoms with Gasteiger partial charge in [0.15, 0.2) is 0 Å². The maximum atomic E-state index is 10.9. The maximum Gasteiger partial charge on any atom is 0.329 e. The van der Waals surface area contributed by atoms with Crippen LogP contribution in [-0.2, 0) is 9.53 Å². The molecule has 9 heteroatoms. The third-order valence-electron chi connectivity index (χ3n) is 6.18. The first-order chi connectivity index (χ1) is 17.5. The van der Waals surface area contributed by atoms with E-state index in [0.29, 0.717) is 42.0 Å². The number of nitrogens with zero attached hydrogens (tertiary/aromatic N) is 2. The number of fused-ring (bicyclic) bond motifs is 1. The lowest BCUT2D eigenvalue weighted by atomic mass is 9.92. The largest absolute Gasteiger partial charge is 0.497 e. The van der Waals surface area contributed by atoms with Crippen LogP contribution in [0.5, 0.6) is 11.6 Å². The number of aliphatic carboxylic acids is 1. The van der Waals surface area contributed by atoms with Crippen molar-refractivity contribution in [2.45, 2.75) is 37.6 Å². The monoisotopic (exact) mass is 490 g/mol. The Kier molecular flexibility index (Phi) is 6.84. The van der Waals surface area contributed by atoms with Crippen molar-refractivity contribution in [1.82, 2.24) is 9.97 Å². The third kappa shape index (κ3) is 5.02. The maximum absolute atomic E-state index is 10.9. The van der Waals surface area contributed by atoms with Gasteiger partial charge in [-0.05, 0) is 24.1 Å². The number of carboxylic acids is 1. The lowest BCUT2D eigenvalue weighted by Crippen LogP contribution is -2.38. The van der Waals surface area contributed by atoms with Crippen LogP contribution >= 0.6 is 0 Å². The number of hydrogen-bond acceptors (Lipinski definition) is 8. The highest BCUT2D eigenvalue weighted by Gasteiger charge is 2.32. The van der Waals surface area contributed by atoms with Crippen LogP contribution in [0.1, 0.15) is 19.3 Å². The Morgan fingerprint density at radius 1 is 1.00 bits per heavy atom. The lowest BCUT2D eigenvalue weighted by Gasteiger charge is -2.32. The van der Waals surface area contributed by atoms with E-state index in [1.54, 1.807) is 7.11 Å². The van der Waals surface area contributed by atoms with Gasteiger partial charge >= 0.3 is 5.97 Å². The molecule has 1 aliphatic rings. The average molecular weight is 491 g/mol. The second kappa shape index (κ2) is 10.3. The number of aliphatic hydroxyl groups excluding tert-OH is 1. The third-order valence-corrected chi connectivity index (χ3v) is 6.18. The highest BCUT2D eigenvalue weighted by atomic mass is 16.5. The Bertz CT molecular complexity index is 1340. The van der Waals surface area contributed by atoms with Gasteiger partial charge in [-0.25, -0.2) is 14.8 Å². The van der Waals surface area contributed by atoms with Gasteiger partial charge in [-0.3, -0.25) is 0 Å². The van der Waals surface area contributed by atoms with Crippen molar-refractivity contribution in [3.63, 3.8) is 0 Å². The van der Waals surface area contributed by atoms with Crippen molar-refractivity contribution in [1.29, 1.82) is 0 Å². The van der Waals surface area contributed by atoms with Crippen LogP contribution in [0.4, 0.5) is 0 Å². The molecule has 1 fully saturated rings. The standard InChI is InChI=1S/C27H26N2O7/c1-33-19-9-7-16(8-10-19)23-24-26(35-21-12-18(30)11-20(13-21)34-14-22(31)32)28-15-29-27(24)36-25(23)17-5-3-2-4-6-17/h2-10,15,18,20-21,30H,11-14H2,1H3,(H,31,32). The van der Waals surface area contributed by atoms with Crippen LogP contribution in [0, 0.1) is 0 Å². The first kappa shape index (κ1) is 23.8. The molecule has 1 aliphatic carbocycles. The number of carbonyl (C=O) groups is 1. The number of aliphatic hydroxyl groups is 1. The van der Waals surface area contributed by atoms with Crippen LogP contribution in [-0.4, -0.2) is 58.2 Å². The molecule has 2 N–H and O–H groups in total. The van der Waals surface area contributed by atoms with Crippen molar-refractivity contribution in [3.05, 3.63) is 60.9 Å². The van der Waals surface area contributed by atoms with Crippen LogP contribution in [0.2, 0.25) is 0 Å². The molecule has 3 unspecified atom stereocenters. The Labute approximate surface area is 207 Å². The molecular weight excluding hydrogens is 464 g/mol. The van der Waals surface area contributed by atoms with Gasteiger partial charge in [0, 0.05) is 24.0 Å². The molecule has 1 saturated carbocycles. The minimum Gasteiger partial charge on any atom is -0.497 e. The summed E-state index contributed by atoms with van der Waals surface area (Å²) < 4.78 is 23.3. The molecule has 2 aromatic heterocycles. The van der Waals surface area contributed by atoms with E-state index >= 15 is 0 Å². The molecule has 2 aromatic carbocycles. The number of aromatic nitrogens is 2. The van der Waals surface area contributed by atoms with E-state index in [2.05, 4.69) is 9.97 Å². The number of rotatable bonds is 8. The highest BCUT2D eigenvalue weighted by molar-refractivity contribution is 6.03. The molecule has 0 aliphatic heterocycles. The fourth-order valence-corrected chi connectivity index (χ4v) is 4.59. The van der Waals surface area contributed by atoms with Gasteiger partial charge in [0.05, 0.1) is 19.3 Å². The Morgan fingerprint density at radius 3 is 2.47 bits per heavy atom. The van der Waals surface area contributed by atoms with Crippen molar-refractivity contribution in [2.75, 3.05) is 13.7 Å². The molecule has 186 valence electrons. The molecule has 2 heterocycles. The zero-order chi connectivity index (χ0) is 25.1. The zero-order valence-electron chi connectivity index (χ0n) is 19.7. The fourth-order valence-electron chi connectivity index (χ4n) is 4.59. The molecule has 0 saturated heterocycles. The zero-order valence-corrected chi connectivity index (χ0v) is 19.7. The Morgan fingerprint density at radius 2 is 1.75 bits per heavy atom. The summed E-state index contributed by atoms with van der Waals surface area (Å²) in [5.74, 6) is 0.630. The van der Waals surface area contributed by atoms with Crippen LogP contribution in [0.15, 0.2) is 65.3 Å². The number of methoxy groups -OCH3 is 1. The average Bonchev–Trinajstić information content (AvgIpc) is 3.28. The van der Waals surface area contributed by atoms with Gasteiger partial charge in [0.1, 0.15) is 35.9 Å². The lowest BCUT2D eigenvalue weighted by molar-refractivity contribution is -0.147. The van der Waals surface area contributed by atoms with Crippen LogP contribution in [0.25, 0.3) is 33.6 Å². The summed E-state index contributed by atoms with van der Waals surface area (Å²) in [6, 6.07) is 17.3. The molecule has 0 amide bonds. The number of ether oxygens (including phenoxy) is 3. The fraction of sp³-hybridized carbons (Fsp3) is 0.296. The molecule has 4 aromatic rings. The first-order valence-corrected chi connectivity index (χ1v) is 11.7. The van der Waals surface area contributed by atoms with E-state index in [9.17, 15) is 9.90 Å². The van der Waals surface area contributed by atoms with E-state index in [1.165, 1.54) is 6.33 Å². The molecule has 9 nitrogen and oxygen atoms in total. The Hall–Kier alpha value is -3.95. The summed E-state index contributed by atoms with van der Waals surface area (Å²) in [5, 5.41) is 19.9. The van der Waals surface area contributed by atoms with Crippen molar-refractivity contribution < 1.29 is 33.6 Å². The minimum atomic E-state index is -1.05. The predicted molar refractivity (Wildman–Crippen MR) is 131 cm³/mol. The molecule has 5 rings (SSSR count). The molecule has 0 bridgehead atoms. The summed E-state index contributed by atoms with van der Waals surface area (Å²) >= 11 is 0. The highest BCUT2D eigenvalue weighted by Crippen LogP contribution is 2.44. The van der Waals surface area contributed by atoms with Gasteiger partial charge in [0.25, 0.3) is 0 Å². The number of benzene rings is 2. The molecule has 0 spiro atoms. The number of carboxylic acid groups (broad SMARTS) is 1. The van der Waals surface area contributed by atoms with E-state index in [-0.39, 0.29) is 0 Å². The van der Waals surface area contributed by atoms with Crippen molar-refractivity contribution in [2.24, 2.45) is 0 Å². The second-order valence-electron chi connectivity index (χ2n) is 8.69. The van der Waals surface area contributed by atoms with Gasteiger partial charge in [-0.1, -0.05) is 42.5 Å². The number of furan rings is 1. The summed E-state index contributed by atoms with van der Waals surface area (Å²) in [6.07, 6.45) is 1.00. The quantitative estimate of drug-likeness (QED) is 0.371. The summed E-state index contributed by atoms with van der Waals surface area (Å²) in [6.45, 7) is -0.425. The number of hydrogen-bond donors (Lipinski definition) is 2. The topological polar surface area (TPSA) is 124 Å².